The van der Waals surface area contributed by atoms with Crippen LogP contribution in [0.5, 0.6) is 0 Å². The van der Waals surface area contributed by atoms with E-state index in [0.29, 0.717) is 17.7 Å². The quantitative estimate of drug-likeness (QED) is 0.487. The van der Waals surface area contributed by atoms with Crippen molar-refractivity contribution >= 4 is 43.0 Å². The molecule has 0 radical (unpaired) electrons. The van der Waals surface area contributed by atoms with Gasteiger partial charge in [0.05, 0.1) is 12.9 Å². The van der Waals surface area contributed by atoms with E-state index in [1.165, 1.54) is 0 Å². The summed E-state index contributed by atoms with van der Waals surface area (Å²) in [6.07, 6.45) is 5.15. The van der Waals surface area contributed by atoms with Crippen molar-refractivity contribution in [3.8, 4) is 11.4 Å². The molecule has 1 aromatic carbocycles. The minimum Gasteiger partial charge on any atom is -0.334 e. The second-order valence-electron chi connectivity index (χ2n) is 5.45. The Labute approximate surface area is 159 Å². The molecule has 0 saturated carbocycles. The molecule has 0 unspecified atom stereocenters. The maximum Gasteiger partial charge on any atom is 0.173 e. The topological polar surface area (TPSA) is 83.2 Å². The number of nitrogens with zero attached hydrogens (tertiary/aromatic N) is 4. The molecule has 0 amide bonds. The number of halogens is 2. The smallest absolute Gasteiger partial charge is 0.173 e. The SMILES string of the molecule is N=c1ncn(Cc2c(Br)cncc2Br)c2nc(-c3ccccc3)[nH]c12. The van der Waals surface area contributed by atoms with Gasteiger partial charge in [0, 0.05) is 32.5 Å². The van der Waals surface area contributed by atoms with E-state index >= 15 is 0 Å². The van der Waals surface area contributed by atoms with Gasteiger partial charge in [-0.1, -0.05) is 30.3 Å². The summed E-state index contributed by atoms with van der Waals surface area (Å²) in [4.78, 5) is 16.2. The number of nitrogens with one attached hydrogen (secondary N) is 2. The van der Waals surface area contributed by atoms with Crippen LogP contribution >= 0.6 is 31.9 Å². The molecule has 8 heteroatoms. The van der Waals surface area contributed by atoms with Crippen molar-refractivity contribution in [2.45, 2.75) is 6.54 Å². The summed E-state index contributed by atoms with van der Waals surface area (Å²) in [7, 11) is 0. The van der Waals surface area contributed by atoms with E-state index < -0.39 is 0 Å². The molecule has 0 atom stereocenters. The summed E-state index contributed by atoms with van der Waals surface area (Å²) in [5.74, 6) is 0.721. The Balaban J connectivity index is 1.87. The van der Waals surface area contributed by atoms with Crippen molar-refractivity contribution in [1.82, 2.24) is 24.5 Å². The highest BCUT2D eigenvalue weighted by molar-refractivity contribution is 9.11. The lowest BCUT2D eigenvalue weighted by Gasteiger charge is -2.10. The summed E-state index contributed by atoms with van der Waals surface area (Å²) in [5.41, 5.74) is 3.48. The molecule has 6 nitrogen and oxygen atoms in total. The van der Waals surface area contributed by atoms with Gasteiger partial charge in [-0.15, -0.1) is 0 Å². The maximum atomic E-state index is 8.08. The molecule has 0 saturated heterocycles. The van der Waals surface area contributed by atoms with Crippen molar-refractivity contribution in [1.29, 1.82) is 5.41 Å². The van der Waals surface area contributed by atoms with Crippen molar-refractivity contribution in [3.05, 3.63) is 69.0 Å². The van der Waals surface area contributed by atoms with E-state index in [0.717, 1.165) is 25.9 Å². The molecule has 25 heavy (non-hydrogen) atoms. The number of rotatable bonds is 3. The number of H-pyrrole nitrogens is 1. The zero-order valence-electron chi connectivity index (χ0n) is 12.9. The van der Waals surface area contributed by atoms with Gasteiger partial charge >= 0.3 is 0 Å². The van der Waals surface area contributed by atoms with Gasteiger partial charge in [-0.25, -0.2) is 9.97 Å². The number of imidazole rings is 1. The minimum absolute atomic E-state index is 0.175. The second-order valence-corrected chi connectivity index (χ2v) is 7.16. The monoisotopic (exact) mass is 458 g/mol. The number of fused-ring (bicyclic) bond motifs is 1. The lowest BCUT2D eigenvalue weighted by Crippen LogP contribution is -2.13. The highest BCUT2D eigenvalue weighted by atomic mass is 79.9. The van der Waals surface area contributed by atoms with Crippen molar-refractivity contribution < 1.29 is 0 Å². The van der Waals surface area contributed by atoms with Crippen molar-refractivity contribution in [2.75, 3.05) is 0 Å². The molecule has 2 N–H and O–H groups in total. The number of benzene rings is 1. The summed E-state index contributed by atoms with van der Waals surface area (Å²) < 4.78 is 3.72. The first-order valence-electron chi connectivity index (χ1n) is 7.46. The molecule has 0 spiro atoms. The summed E-state index contributed by atoms with van der Waals surface area (Å²) in [5, 5.41) is 8.08. The van der Waals surface area contributed by atoms with Crippen LogP contribution < -0.4 is 5.49 Å². The number of aromatic amines is 1. The van der Waals surface area contributed by atoms with Gasteiger partial charge in [0.25, 0.3) is 0 Å². The third-order valence-corrected chi connectivity index (χ3v) is 5.21. The lowest BCUT2D eigenvalue weighted by molar-refractivity contribution is 0.776. The summed E-state index contributed by atoms with van der Waals surface area (Å²) in [6, 6.07) is 9.84. The molecule has 0 aliphatic heterocycles. The van der Waals surface area contributed by atoms with Gasteiger partial charge in [0.1, 0.15) is 11.3 Å². The van der Waals surface area contributed by atoms with Crippen LogP contribution in [0.15, 0.2) is 58.0 Å². The van der Waals surface area contributed by atoms with E-state index in [-0.39, 0.29) is 5.49 Å². The Morgan fingerprint density at radius 1 is 1.08 bits per heavy atom. The molecular formula is C17H12Br2N6. The Morgan fingerprint density at radius 2 is 1.80 bits per heavy atom. The fourth-order valence-electron chi connectivity index (χ4n) is 2.59. The fraction of sp³-hybridized carbons (Fsp3) is 0.0588. The maximum absolute atomic E-state index is 8.08. The molecule has 0 bridgehead atoms. The Bertz CT molecular complexity index is 1100. The molecule has 3 aromatic heterocycles. The van der Waals surface area contributed by atoms with E-state index in [9.17, 15) is 0 Å². The number of hydrogen-bond acceptors (Lipinski definition) is 4. The van der Waals surface area contributed by atoms with Crippen LogP contribution in [-0.4, -0.2) is 24.5 Å². The first-order valence-corrected chi connectivity index (χ1v) is 9.05. The molecule has 0 aliphatic rings. The van der Waals surface area contributed by atoms with E-state index in [4.69, 9.17) is 10.4 Å². The summed E-state index contributed by atoms with van der Waals surface area (Å²) >= 11 is 7.07. The van der Waals surface area contributed by atoms with Crippen LogP contribution in [-0.2, 0) is 6.54 Å². The minimum atomic E-state index is 0.175. The van der Waals surface area contributed by atoms with Gasteiger partial charge in [-0.05, 0) is 31.9 Å². The standard InChI is InChI=1S/C17H12Br2N6/c18-12-6-21-7-13(19)11(12)8-25-9-22-15(20)14-17(25)24-16(23-14)10-4-2-1-3-5-10/h1-7,9,20H,8H2,(H,23,24). The predicted octanol–water partition coefficient (Wildman–Crippen LogP) is 3.87. The van der Waals surface area contributed by atoms with Crippen LogP contribution in [0.1, 0.15) is 5.56 Å². The average Bonchev–Trinajstić information content (AvgIpc) is 3.07. The van der Waals surface area contributed by atoms with Crippen LogP contribution in [0.25, 0.3) is 22.6 Å². The molecule has 4 aromatic rings. The zero-order valence-corrected chi connectivity index (χ0v) is 16.0. The van der Waals surface area contributed by atoms with Crippen molar-refractivity contribution in [2.24, 2.45) is 0 Å². The van der Waals surface area contributed by atoms with E-state index in [1.807, 2.05) is 34.9 Å². The lowest BCUT2D eigenvalue weighted by atomic mass is 10.2. The van der Waals surface area contributed by atoms with Gasteiger partial charge in [-0.3, -0.25) is 10.4 Å². The van der Waals surface area contributed by atoms with Gasteiger partial charge in [0.2, 0.25) is 0 Å². The normalized spacial score (nSPS) is 11.1. The average molecular weight is 460 g/mol. The van der Waals surface area contributed by atoms with E-state index in [1.54, 1.807) is 18.7 Å². The molecule has 0 fully saturated rings. The predicted molar refractivity (Wildman–Crippen MR) is 102 cm³/mol. The van der Waals surface area contributed by atoms with E-state index in [2.05, 4.69) is 46.8 Å². The Hall–Kier alpha value is -2.32. The van der Waals surface area contributed by atoms with Gasteiger partial charge in [-0.2, -0.15) is 0 Å². The molecular weight excluding hydrogens is 448 g/mol. The van der Waals surface area contributed by atoms with Crippen LogP contribution in [0, 0.1) is 5.41 Å². The first kappa shape index (κ1) is 16.2. The van der Waals surface area contributed by atoms with Crippen molar-refractivity contribution in [3.63, 3.8) is 0 Å². The Morgan fingerprint density at radius 3 is 2.52 bits per heavy atom. The van der Waals surface area contributed by atoms with Crippen LogP contribution in [0.2, 0.25) is 0 Å². The fourth-order valence-corrected chi connectivity index (χ4v) is 3.77. The first-order chi connectivity index (χ1) is 12.1. The highest BCUT2D eigenvalue weighted by Crippen LogP contribution is 2.26. The molecule has 4 rings (SSSR count). The number of aromatic nitrogens is 5. The Kier molecular flexibility index (Phi) is 4.22. The second kappa shape index (κ2) is 6.53. The number of pyridine rings is 1. The third-order valence-electron chi connectivity index (χ3n) is 3.85. The zero-order chi connectivity index (χ0) is 17.4. The molecule has 124 valence electrons. The molecule has 0 aliphatic carbocycles. The summed E-state index contributed by atoms with van der Waals surface area (Å²) in [6.45, 7) is 0.548. The third kappa shape index (κ3) is 3.03. The van der Waals surface area contributed by atoms with Gasteiger partial charge in [0.15, 0.2) is 11.1 Å². The largest absolute Gasteiger partial charge is 0.334 e. The number of hydrogen-bond donors (Lipinski definition) is 2. The van der Waals surface area contributed by atoms with Gasteiger partial charge < -0.3 is 9.55 Å². The van der Waals surface area contributed by atoms with Crippen LogP contribution in [0.4, 0.5) is 0 Å². The highest BCUT2D eigenvalue weighted by Gasteiger charge is 2.13. The molecule has 3 heterocycles. The van der Waals surface area contributed by atoms with Crippen LogP contribution in [0.3, 0.4) is 0 Å².